The van der Waals surface area contributed by atoms with Crippen LogP contribution in [0.15, 0.2) is 54.6 Å². The Morgan fingerprint density at radius 2 is 1.60 bits per heavy atom. The monoisotopic (exact) mass is 360 g/mol. The number of hydrogen-bond donors (Lipinski definition) is 0. The zero-order valence-electron chi connectivity index (χ0n) is 13.4. The molecule has 2 aromatic rings. The van der Waals surface area contributed by atoms with Crippen LogP contribution in [0.2, 0.25) is 0 Å². The molecule has 2 fully saturated rings. The van der Waals surface area contributed by atoms with Crippen molar-refractivity contribution in [1.82, 2.24) is 4.90 Å². The van der Waals surface area contributed by atoms with Gasteiger partial charge >= 0.3 is 6.03 Å². The number of urea groups is 1. The second-order valence-electron chi connectivity index (χ2n) is 6.45. The van der Waals surface area contributed by atoms with Gasteiger partial charge in [0, 0.05) is 12.2 Å². The summed E-state index contributed by atoms with van der Waals surface area (Å²) in [7, 11) is -3.21. The summed E-state index contributed by atoms with van der Waals surface area (Å²) in [4.78, 5) is 16.1. The predicted octanol–water partition coefficient (Wildman–Crippen LogP) is 2.43. The Kier molecular flexibility index (Phi) is 3.76. The van der Waals surface area contributed by atoms with Crippen molar-refractivity contribution in [2.45, 2.75) is 18.6 Å². The van der Waals surface area contributed by atoms with Crippen molar-refractivity contribution in [1.29, 1.82) is 0 Å². The molecule has 0 N–H and O–H groups in total. The highest BCUT2D eigenvalue weighted by Gasteiger charge is 2.53. The Morgan fingerprint density at radius 3 is 2.28 bits per heavy atom. The fraction of sp³-hybridized carbons (Fsp3) is 0.278. The van der Waals surface area contributed by atoms with E-state index in [0.717, 1.165) is 5.56 Å². The van der Waals surface area contributed by atoms with E-state index < -0.39 is 21.7 Å². The first-order valence-corrected chi connectivity index (χ1v) is 9.86. The number of rotatable bonds is 3. The number of carbonyl (C=O) groups excluding carboxylic acids is 1. The van der Waals surface area contributed by atoms with E-state index in [1.807, 2.05) is 30.3 Å². The van der Waals surface area contributed by atoms with Gasteiger partial charge in [0.2, 0.25) is 0 Å². The Hall–Kier alpha value is -2.41. The van der Waals surface area contributed by atoms with Gasteiger partial charge in [0.1, 0.15) is 5.82 Å². The molecule has 2 heterocycles. The van der Waals surface area contributed by atoms with E-state index in [9.17, 15) is 17.6 Å². The van der Waals surface area contributed by atoms with E-state index in [4.69, 9.17) is 0 Å². The molecule has 2 atom stereocenters. The Bertz CT molecular complexity index is 900. The third-order valence-electron chi connectivity index (χ3n) is 4.78. The van der Waals surface area contributed by atoms with Gasteiger partial charge in [0.25, 0.3) is 0 Å². The van der Waals surface area contributed by atoms with Crippen molar-refractivity contribution in [2.75, 3.05) is 16.4 Å². The lowest BCUT2D eigenvalue weighted by Crippen LogP contribution is -2.37. The molecule has 4 rings (SSSR count). The zero-order chi connectivity index (χ0) is 17.6. The standard InChI is InChI=1S/C18H17FN2O3S/c19-14-6-8-15(9-7-14)21-17-12-25(23,24)11-16(17)20(18(21)22)10-13-4-2-1-3-5-13/h1-9,16-17H,10-12H2/t16-,17+/m1/s1. The smallest absolute Gasteiger partial charge is 0.314 e. The van der Waals surface area contributed by atoms with Crippen LogP contribution in [0.4, 0.5) is 14.9 Å². The van der Waals surface area contributed by atoms with Crippen molar-refractivity contribution >= 4 is 21.6 Å². The molecule has 2 aliphatic rings. The van der Waals surface area contributed by atoms with Crippen LogP contribution < -0.4 is 4.90 Å². The molecule has 7 heteroatoms. The number of halogens is 1. The molecule has 0 spiro atoms. The van der Waals surface area contributed by atoms with E-state index in [1.165, 1.54) is 29.2 Å². The van der Waals surface area contributed by atoms with Gasteiger partial charge in [-0.15, -0.1) is 0 Å². The fourth-order valence-electron chi connectivity index (χ4n) is 3.65. The largest absolute Gasteiger partial charge is 0.325 e. The molecule has 5 nitrogen and oxygen atoms in total. The van der Waals surface area contributed by atoms with Crippen LogP contribution in [0.25, 0.3) is 0 Å². The molecule has 0 bridgehead atoms. The number of hydrogen-bond acceptors (Lipinski definition) is 3. The van der Waals surface area contributed by atoms with Crippen molar-refractivity contribution in [3.8, 4) is 0 Å². The normalized spacial score (nSPS) is 24.6. The fourth-order valence-corrected chi connectivity index (χ4v) is 5.60. The molecule has 2 aliphatic heterocycles. The average molecular weight is 360 g/mol. The number of anilines is 1. The number of fused-ring (bicyclic) bond motifs is 1. The van der Waals surface area contributed by atoms with Crippen LogP contribution in [0.5, 0.6) is 0 Å². The van der Waals surface area contributed by atoms with Crippen LogP contribution in [0.1, 0.15) is 5.56 Å². The molecular weight excluding hydrogens is 343 g/mol. The second-order valence-corrected chi connectivity index (χ2v) is 8.61. The van der Waals surface area contributed by atoms with Gasteiger partial charge in [-0.2, -0.15) is 0 Å². The van der Waals surface area contributed by atoms with Gasteiger partial charge in [-0.05, 0) is 29.8 Å². The first-order valence-electron chi connectivity index (χ1n) is 8.04. The Morgan fingerprint density at radius 1 is 0.960 bits per heavy atom. The highest BCUT2D eigenvalue weighted by Crippen LogP contribution is 2.35. The van der Waals surface area contributed by atoms with Gasteiger partial charge in [-0.1, -0.05) is 30.3 Å². The molecule has 2 amide bonds. The SMILES string of the molecule is O=C1N(Cc2ccccc2)[C@@H]2CS(=O)(=O)C[C@@H]2N1c1ccc(F)cc1. The highest BCUT2D eigenvalue weighted by atomic mass is 32.2. The third kappa shape index (κ3) is 2.89. The lowest BCUT2D eigenvalue weighted by molar-refractivity contribution is 0.206. The molecule has 25 heavy (non-hydrogen) atoms. The summed E-state index contributed by atoms with van der Waals surface area (Å²) in [6.07, 6.45) is 0. The third-order valence-corrected chi connectivity index (χ3v) is 6.48. The molecule has 0 saturated carbocycles. The first-order chi connectivity index (χ1) is 11.9. The average Bonchev–Trinajstić information content (AvgIpc) is 3.01. The lowest BCUT2D eigenvalue weighted by Gasteiger charge is -2.22. The minimum absolute atomic E-state index is 0.0338. The van der Waals surface area contributed by atoms with E-state index in [-0.39, 0.29) is 23.6 Å². The number of benzene rings is 2. The summed E-state index contributed by atoms with van der Waals surface area (Å²) in [6.45, 7) is 0.355. The van der Waals surface area contributed by atoms with Gasteiger partial charge in [0.15, 0.2) is 9.84 Å². The number of nitrogens with zero attached hydrogens (tertiary/aromatic N) is 2. The van der Waals surface area contributed by atoms with Gasteiger partial charge in [0.05, 0.1) is 23.6 Å². The number of sulfone groups is 1. The van der Waals surface area contributed by atoms with Crippen LogP contribution in [0.3, 0.4) is 0 Å². The number of amides is 2. The highest BCUT2D eigenvalue weighted by molar-refractivity contribution is 7.91. The molecular formula is C18H17FN2O3S. The summed E-state index contributed by atoms with van der Waals surface area (Å²) >= 11 is 0. The minimum atomic E-state index is -3.21. The van der Waals surface area contributed by atoms with Crippen LogP contribution in [0, 0.1) is 5.82 Å². The van der Waals surface area contributed by atoms with Crippen molar-refractivity contribution in [3.05, 3.63) is 66.0 Å². The summed E-state index contributed by atoms with van der Waals surface area (Å²) < 4.78 is 37.5. The van der Waals surface area contributed by atoms with Crippen molar-refractivity contribution in [3.63, 3.8) is 0 Å². The molecule has 0 aromatic heterocycles. The van der Waals surface area contributed by atoms with E-state index in [2.05, 4.69) is 0 Å². The van der Waals surface area contributed by atoms with E-state index >= 15 is 0 Å². The maximum absolute atomic E-state index is 13.2. The van der Waals surface area contributed by atoms with E-state index in [0.29, 0.717) is 12.2 Å². The van der Waals surface area contributed by atoms with Crippen molar-refractivity contribution < 1.29 is 17.6 Å². The molecule has 0 aliphatic carbocycles. The Balaban J connectivity index is 1.71. The van der Waals surface area contributed by atoms with Crippen LogP contribution in [-0.2, 0) is 16.4 Å². The first kappa shape index (κ1) is 16.1. The lowest BCUT2D eigenvalue weighted by atomic mass is 10.1. The molecule has 2 aromatic carbocycles. The number of carbonyl (C=O) groups is 1. The molecule has 0 unspecified atom stereocenters. The second kappa shape index (κ2) is 5.84. The van der Waals surface area contributed by atoms with Gasteiger partial charge in [-0.25, -0.2) is 17.6 Å². The zero-order valence-corrected chi connectivity index (χ0v) is 14.2. The van der Waals surface area contributed by atoms with Crippen LogP contribution >= 0.6 is 0 Å². The van der Waals surface area contributed by atoms with Gasteiger partial charge in [-0.3, -0.25) is 4.90 Å². The summed E-state index contributed by atoms with van der Waals surface area (Å²) in [5.74, 6) is -0.493. The molecule has 130 valence electrons. The Labute approximate surface area is 145 Å². The molecule has 2 saturated heterocycles. The summed E-state index contributed by atoms with van der Waals surface area (Å²) in [5.41, 5.74) is 1.47. The topological polar surface area (TPSA) is 57.7 Å². The summed E-state index contributed by atoms with van der Waals surface area (Å²) in [5, 5.41) is 0. The summed E-state index contributed by atoms with van der Waals surface area (Å²) in [6, 6.07) is 14.0. The maximum Gasteiger partial charge on any atom is 0.325 e. The van der Waals surface area contributed by atoms with Crippen LogP contribution in [-0.4, -0.2) is 42.9 Å². The molecule has 0 radical (unpaired) electrons. The van der Waals surface area contributed by atoms with Crippen molar-refractivity contribution in [2.24, 2.45) is 0 Å². The van der Waals surface area contributed by atoms with Gasteiger partial charge < -0.3 is 4.90 Å². The maximum atomic E-state index is 13.2. The quantitative estimate of drug-likeness (QED) is 0.790. The predicted molar refractivity (Wildman–Crippen MR) is 92.5 cm³/mol. The minimum Gasteiger partial charge on any atom is -0.314 e. The van der Waals surface area contributed by atoms with E-state index in [1.54, 1.807) is 4.90 Å².